The van der Waals surface area contributed by atoms with Crippen LogP contribution in [0.3, 0.4) is 0 Å². The third-order valence-electron chi connectivity index (χ3n) is 4.89. The molecule has 0 aromatic heterocycles. The highest BCUT2D eigenvalue weighted by Crippen LogP contribution is 2.33. The van der Waals surface area contributed by atoms with Gasteiger partial charge in [0, 0.05) is 12.6 Å². The zero-order valence-electron chi connectivity index (χ0n) is 13.1. The lowest BCUT2D eigenvalue weighted by atomic mass is 9.77. The quantitative estimate of drug-likeness (QED) is 0.870. The maximum absolute atomic E-state index is 10.7. The van der Waals surface area contributed by atoms with Gasteiger partial charge in [-0.05, 0) is 56.2 Å². The van der Waals surface area contributed by atoms with Crippen molar-refractivity contribution < 1.29 is 5.11 Å². The molecule has 1 aliphatic carbocycles. The number of nitriles is 1. The SMILES string of the molecule is CCC1CCC(O)(CNC(C)c2ccc(C#N)cc2)CC1. The lowest BCUT2D eigenvalue weighted by molar-refractivity contribution is -0.0103. The first kappa shape index (κ1) is 16.0. The fourth-order valence-corrected chi connectivity index (χ4v) is 3.11. The van der Waals surface area contributed by atoms with Crippen LogP contribution in [0, 0.1) is 17.2 Å². The van der Waals surface area contributed by atoms with Crippen molar-refractivity contribution in [3.63, 3.8) is 0 Å². The lowest BCUT2D eigenvalue weighted by Gasteiger charge is -2.36. The molecule has 0 radical (unpaired) electrons. The predicted octanol–water partition coefficient (Wildman–Crippen LogP) is 3.54. The zero-order valence-corrected chi connectivity index (χ0v) is 13.1. The van der Waals surface area contributed by atoms with Gasteiger partial charge in [0.15, 0.2) is 0 Å². The Kier molecular flexibility index (Phi) is 5.39. The molecular formula is C18H26N2O. The molecule has 1 atom stereocenters. The van der Waals surface area contributed by atoms with Crippen LogP contribution < -0.4 is 5.32 Å². The van der Waals surface area contributed by atoms with E-state index < -0.39 is 5.60 Å². The average Bonchev–Trinajstić information content (AvgIpc) is 2.53. The monoisotopic (exact) mass is 286 g/mol. The minimum atomic E-state index is -0.549. The summed E-state index contributed by atoms with van der Waals surface area (Å²) in [6, 6.07) is 9.96. The Morgan fingerprint density at radius 2 is 1.95 bits per heavy atom. The number of aliphatic hydroxyl groups is 1. The van der Waals surface area contributed by atoms with Crippen molar-refractivity contribution in [3.05, 3.63) is 35.4 Å². The van der Waals surface area contributed by atoms with E-state index in [1.807, 2.05) is 24.3 Å². The first-order valence-corrected chi connectivity index (χ1v) is 8.02. The fraction of sp³-hybridized carbons (Fsp3) is 0.611. The largest absolute Gasteiger partial charge is 0.389 e. The van der Waals surface area contributed by atoms with Gasteiger partial charge in [-0.2, -0.15) is 5.26 Å². The fourth-order valence-electron chi connectivity index (χ4n) is 3.11. The van der Waals surface area contributed by atoms with Crippen molar-refractivity contribution >= 4 is 0 Å². The third kappa shape index (κ3) is 4.30. The second-order valence-corrected chi connectivity index (χ2v) is 6.41. The highest BCUT2D eigenvalue weighted by atomic mass is 16.3. The Labute approximate surface area is 128 Å². The van der Waals surface area contributed by atoms with E-state index in [1.165, 1.54) is 6.42 Å². The molecule has 2 rings (SSSR count). The summed E-state index contributed by atoms with van der Waals surface area (Å²) in [4.78, 5) is 0. The Hall–Kier alpha value is -1.37. The molecule has 3 nitrogen and oxygen atoms in total. The van der Waals surface area contributed by atoms with Gasteiger partial charge in [-0.25, -0.2) is 0 Å². The molecule has 0 saturated heterocycles. The molecule has 0 heterocycles. The van der Waals surface area contributed by atoms with Gasteiger partial charge in [0.25, 0.3) is 0 Å². The molecule has 114 valence electrons. The molecule has 0 bridgehead atoms. The topological polar surface area (TPSA) is 56.0 Å². The van der Waals surface area contributed by atoms with Gasteiger partial charge in [-0.3, -0.25) is 0 Å². The minimum absolute atomic E-state index is 0.186. The summed E-state index contributed by atoms with van der Waals surface area (Å²) < 4.78 is 0. The van der Waals surface area contributed by atoms with Crippen LogP contribution in [0.1, 0.15) is 63.1 Å². The Balaban J connectivity index is 1.85. The molecule has 1 aromatic carbocycles. The van der Waals surface area contributed by atoms with Gasteiger partial charge in [-0.15, -0.1) is 0 Å². The molecule has 2 N–H and O–H groups in total. The van der Waals surface area contributed by atoms with Gasteiger partial charge in [0.05, 0.1) is 17.2 Å². The van der Waals surface area contributed by atoms with Crippen molar-refractivity contribution in [3.8, 4) is 6.07 Å². The normalized spacial score (nSPS) is 27.0. The molecular weight excluding hydrogens is 260 g/mol. The first-order chi connectivity index (χ1) is 10.1. The van der Waals surface area contributed by atoms with E-state index in [0.29, 0.717) is 12.1 Å². The van der Waals surface area contributed by atoms with Crippen LogP contribution in [0.2, 0.25) is 0 Å². The van der Waals surface area contributed by atoms with Crippen LogP contribution in [0.5, 0.6) is 0 Å². The second-order valence-electron chi connectivity index (χ2n) is 6.41. The van der Waals surface area contributed by atoms with Crippen LogP contribution in [0.4, 0.5) is 0 Å². The summed E-state index contributed by atoms with van der Waals surface area (Å²) in [6.07, 6.45) is 5.31. The molecule has 1 fully saturated rings. The maximum atomic E-state index is 10.7. The van der Waals surface area contributed by atoms with E-state index in [-0.39, 0.29) is 6.04 Å². The summed E-state index contributed by atoms with van der Waals surface area (Å²) in [5.41, 5.74) is 1.29. The Bertz CT molecular complexity index is 481. The van der Waals surface area contributed by atoms with Gasteiger partial charge in [0.2, 0.25) is 0 Å². The van der Waals surface area contributed by atoms with Gasteiger partial charge in [-0.1, -0.05) is 25.5 Å². The van der Waals surface area contributed by atoms with Crippen molar-refractivity contribution in [2.24, 2.45) is 5.92 Å². The molecule has 3 heteroatoms. The highest BCUT2D eigenvalue weighted by molar-refractivity contribution is 5.32. The number of hydrogen-bond acceptors (Lipinski definition) is 3. The van der Waals surface area contributed by atoms with E-state index in [9.17, 15) is 5.11 Å². The Morgan fingerprint density at radius 1 is 1.33 bits per heavy atom. The lowest BCUT2D eigenvalue weighted by Crippen LogP contribution is -2.44. The molecule has 1 aromatic rings. The maximum Gasteiger partial charge on any atom is 0.0991 e. The smallest absolute Gasteiger partial charge is 0.0991 e. The van der Waals surface area contributed by atoms with Gasteiger partial charge in [0.1, 0.15) is 0 Å². The van der Waals surface area contributed by atoms with Gasteiger partial charge < -0.3 is 10.4 Å². The van der Waals surface area contributed by atoms with E-state index in [1.54, 1.807) is 0 Å². The van der Waals surface area contributed by atoms with Crippen LogP contribution in [-0.2, 0) is 0 Å². The second kappa shape index (κ2) is 7.06. The minimum Gasteiger partial charge on any atom is -0.389 e. The molecule has 1 unspecified atom stereocenters. The Morgan fingerprint density at radius 3 is 2.48 bits per heavy atom. The van der Waals surface area contributed by atoms with Crippen LogP contribution in [0.25, 0.3) is 0 Å². The van der Waals surface area contributed by atoms with E-state index >= 15 is 0 Å². The molecule has 21 heavy (non-hydrogen) atoms. The summed E-state index contributed by atoms with van der Waals surface area (Å²) >= 11 is 0. The third-order valence-corrected chi connectivity index (χ3v) is 4.89. The molecule has 1 saturated carbocycles. The summed E-state index contributed by atoms with van der Waals surface area (Å²) in [7, 11) is 0. The zero-order chi connectivity index (χ0) is 15.3. The van der Waals surface area contributed by atoms with Crippen molar-refractivity contribution in [2.75, 3.05) is 6.54 Å². The molecule has 1 aliphatic rings. The summed E-state index contributed by atoms with van der Waals surface area (Å²) in [5, 5.41) is 22.9. The highest BCUT2D eigenvalue weighted by Gasteiger charge is 2.32. The number of benzene rings is 1. The van der Waals surface area contributed by atoms with Crippen molar-refractivity contribution in [1.29, 1.82) is 5.26 Å². The average molecular weight is 286 g/mol. The van der Waals surface area contributed by atoms with Crippen LogP contribution in [-0.4, -0.2) is 17.3 Å². The van der Waals surface area contributed by atoms with E-state index in [0.717, 1.165) is 37.2 Å². The van der Waals surface area contributed by atoms with Crippen molar-refractivity contribution in [2.45, 2.75) is 57.6 Å². The van der Waals surface area contributed by atoms with E-state index in [4.69, 9.17) is 5.26 Å². The van der Waals surface area contributed by atoms with Crippen LogP contribution >= 0.6 is 0 Å². The van der Waals surface area contributed by atoms with Crippen molar-refractivity contribution in [1.82, 2.24) is 5.32 Å². The predicted molar refractivity (Wildman–Crippen MR) is 84.8 cm³/mol. The number of nitrogens with one attached hydrogen (secondary N) is 1. The number of nitrogens with zero attached hydrogens (tertiary/aromatic N) is 1. The number of rotatable bonds is 5. The summed E-state index contributed by atoms with van der Waals surface area (Å²) in [6.45, 7) is 4.98. The molecule has 0 amide bonds. The van der Waals surface area contributed by atoms with E-state index in [2.05, 4.69) is 25.2 Å². The molecule has 0 spiro atoms. The standard InChI is InChI=1S/C18H26N2O/c1-3-15-8-10-18(21,11-9-15)13-20-14(2)17-6-4-16(12-19)5-7-17/h4-7,14-15,20-21H,3,8-11,13H2,1-2H3. The number of hydrogen-bond donors (Lipinski definition) is 2. The molecule has 0 aliphatic heterocycles. The summed E-state index contributed by atoms with van der Waals surface area (Å²) in [5.74, 6) is 0.793. The first-order valence-electron chi connectivity index (χ1n) is 8.02. The van der Waals surface area contributed by atoms with Crippen LogP contribution in [0.15, 0.2) is 24.3 Å². The van der Waals surface area contributed by atoms with Gasteiger partial charge >= 0.3 is 0 Å².